The van der Waals surface area contributed by atoms with E-state index in [4.69, 9.17) is 9.72 Å². The first-order chi connectivity index (χ1) is 15.7. The van der Waals surface area contributed by atoms with Crippen LogP contribution in [0.2, 0.25) is 0 Å². The maximum absolute atomic E-state index is 13.2. The number of pyridine rings is 1. The van der Waals surface area contributed by atoms with E-state index in [1.807, 2.05) is 91.0 Å². The van der Waals surface area contributed by atoms with Crippen LogP contribution >= 0.6 is 0 Å². The molecule has 0 radical (unpaired) electrons. The van der Waals surface area contributed by atoms with Gasteiger partial charge in [-0.15, -0.1) is 0 Å². The van der Waals surface area contributed by atoms with Crippen molar-refractivity contribution in [3.05, 3.63) is 114 Å². The van der Waals surface area contributed by atoms with Gasteiger partial charge in [0, 0.05) is 22.6 Å². The highest BCUT2D eigenvalue weighted by atomic mass is 16.5. The average Bonchev–Trinajstić information content (AvgIpc) is 3.07. The van der Waals surface area contributed by atoms with Gasteiger partial charge in [-0.2, -0.15) is 0 Å². The third-order valence-corrected chi connectivity index (χ3v) is 5.90. The number of ketones is 2. The summed E-state index contributed by atoms with van der Waals surface area (Å²) in [6, 6.07) is 30.2. The van der Waals surface area contributed by atoms with Crippen LogP contribution < -0.4 is 4.74 Å². The van der Waals surface area contributed by atoms with Crippen molar-refractivity contribution in [3.63, 3.8) is 0 Å². The quantitative estimate of drug-likeness (QED) is 0.323. The second-order valence-electron chi connectivity index (χ2n) is 7.91. The first-order valence-electron chi connectivity index (χ1n) is 10.4. The van der Waals surface area contributed by atoms with E-state index < -0.39 is 5.92 Å². The van der Waals surface area contributed by atoms with E-state index in [1.165, 1.54) is 0 Å². The lowest BCUT2D eigenvalue weighted by atomic mass is 9.98. The van der Waals surface area contributed by atoms with Crippen molar-refractivity contribution >= 4 is 33.2 Å². The summed E-state index contributed by atoms with van der Waals surface area (Å²) in [6.45, 7) is 0. The van der Waals surface area contributed by atoms with E-state index in [0.717, 1.165) is 21.9 Å². The van der Waals surface area contributed by atoms with Crippen molar-refractivity contribution in [2.24, 2.45) is 0 Å². The van der Waals surface area contributed by atoms with Crippen molar-refractivity contribution in [1.29, 1.82) is 0 Å². The molecule has 4 aromatic carbocycles. The number of carbonyl (C=O) groups excluding carboxylic acids is 2. The largest absolute Gasteiger partial charge is 0.457 e. The topological polar surface area (TPSA) is 56.3 Å². The molecule has 0 atom stereocenters. The van der Waals surface area contributed by atoms with Gasteiger partial charge in [-0.3, -0.25) is 14.6 Å². The molecule has 1 aliphatic rings. The molecule has 6 rings (SSSR count). The molecule has 4 nitrogen and oxygen atoms in total. The smallest absolute Gasteiger partial charge is 0.180 e. The molecule has 0 N–H and O–H groups in total. The van der Waals surface area contributed by atoms with Gasteiger partial charge >= 0.3 is 0 Å². The Morgan fingerprint density at radius 2 is 1.22 bits per heavy atom. The molecular weight excluding hydrogens is 398 g/mol. The van der Waals surface area contributed by atoms with Gasteiger partial charge in [-0.25, -0.2) is 0 Å². The number of para-hydroxylation sites is 1. The Hall–Kier alpha value is -4.31. The van der Waals surface area contributed by atoms with E-state index in [2.05, 4.69) is 0 Å². The Morgan fingerprint density at radius 3 is 1.91 bits per heavy atom. The fourth-order valence-electron chi connectivity index (χ4n) is 4.31. The molecule has 4 heteroatoms. The summed E-state index contributed by atoms with van der Waals surface area (Å²) >= 11 is 0. The van der Waals surface area contributed by atoms with Crippen LogP contribution in [0.4, 0.5) is 0 Å². The van der Waals surface area contributed by atoms with Crippen molar-refractivity contribution in [2.45, 2.75) is 5.92 Å². The minimum atomic E-state index is -0.912. The molecule has 0 saturated carbocycles. The maximum Gasteiger partial charge on any atom is 0.180 e. The highest BCUT2D eigenvalue weighted by Crippen LogP contribution is 2.36. The van der Waals surface area contributed by atoms with Crippen LogP contribution in [0.5, 0.6) is 11.5 Å². The van der Waals surface area contributed by atoms with Crippen LogP contribution in [-0.2, 0) is 0 Å². The van der Waals surface area contributed by atoms with Crippen LogP contribution in [0.3, 0.4) is 0 Å². The molecule has 0 saturated heterocycles. The van der Waals surface area contributed by atoms with E-state index >= 15 is 0 Å². The standard InChI is InChI=1S/C28H17NO3/c30-27-22-14-18-6-4-5-7-19(18)15-23(22)28(31)26(27)24-13-11-17-10-12-21(16-25(17)29-24)32-20-8-2-1-3-9-20/h1-16,26H. The van der Waals surface area contributed by atoms with Gasteiger partial charge in [0.15, 0.2) is 11.6 Å². The molecule has 0 fully saturated rings. The van der Waals surface area contributed by atoms with E-state index in [9.17, 15) is 9.59 Å². The third kappa shape index (κ3) is 2.96. The van der Waals surface area contributed by atoms with Gasteiger partial charge in [0.2, 0.25) is 0 Å². The van der Waals surface area contributed by atoms with Gasteiger partial charge in [-0.05, 0) is 53.2 Å². The Labute approximate surface area is 184 Å². The highest BCUT2D eigenvalue weighted by molar-refractivity contribution is 6.30. The zero-order valence-corrected chi connectivity index (χ0v) is 17.0. The molecule has 152 valence electrons. The first kappa shape index (κ1) is 18.5. The summed E-state index contributed by atoms with van der Waals surface area (Å²) in [5.74, 6) is 0.0714. The van der Waals surface area contributed by atoms with E-state index in [1.54, 1.807) is 6.07 Å². The number of rotatable bonds is 3. The Bertz CT molecular complexity index is 1480. The number of hydrogen-bond acceptors (Lipinski definition) is 4. The van der Waals surface area contributed by atoms with Crippen LogP contribution in [0, 0.1) is 0 Å². The normalized spacial score (nSPS) is 13.6. The van der Waals surface area contributed by atoms with Gasteiger partial charge in [0.25, 0.3) is 0 Å². The summed E-state index contributed by atoms with van der Waals surface area (Å²) in [5, 5.41) is 2.81. The third-order valence-electron chi connectivity index (χ3n) is 5.90. The second-order valence-corrected chi connectivity index (χ2v) is 7.91. The lowest BCUT2D eigenvalue weighted by Crippen LogP contribution is -2.14. The molecule has 0 spiro atoms. The predicted octanol–water partition coefficient (Wildman–Crippen LogP) is 6.34. The van der Waals surface area contributed by atoms with Gasteiger partial charge in [0.05, 0.1) is 11.2 Å². The minimum absolute atomic E-state index is 0.195. The Balaban J connectivity index is 1.39. The molecule has 1 aliphatic carbocycles. The number of carbonyl (C=O) groups is 2. The van der Waals surface area contributed by atoms with Gasteiger partial charge in [-0.1, -0.05) is 48.5 Å². The van der Waals surface area contributed by atoms with E-state index in [0.29, 0.717) is 28.1 Å². The summed E-state index contributed by atoms with van der Waals surface area (Å²) in [4.78, 5) is 31.1. The minimum Gasteiger partial charge on any atom is -0.457 e. The monoisotopic (exact) mass is 415 g/mol. The summed E-state index contributed by atoms with van der Waals surface area (Å²) in [7, 11) is 0. The van der Waals surface area contributed by atoms with Crippen LogP contribution in [0.15, 0.2) is 97.1 Å². The molecule has 0 bridgehead atoms. The number of nitrogens with zero attached hydrogens (tertiary/aromatic N) is 1. The van der Waals surface area contributed by atoms with Crippen molar-refractivity contribution in [1.82, 2.24) is 4.98 Å². The molecule has 1 aromatic heterocycles. The van der Waals surface area contributed by atoms with Crippen LogP contribution in [0.1, 0.15) is 32.3 Å². The molecule has 0 aliphatic heterocycles. The molecule has 5 aromatic rings. The van der Waals surface area contributed by atoms with E-state index in [-0.39, 0.29) is 11.6 Å². The number of fused-ring (bicyclic) bond motifs is 3. The molecule has 1 heterocycles. The van der Waals surface area contributed by atoms with Crippen molar-refractivity contribution in [2.75, 3.05) is 0 Å². The summed E-state index contributed by atoms with van der Waals surface area (Å²) < 4.78 is 5.91. The average molecular weight is 415 g/mol. The van der Waals surface area contributed by atoms with Crippen molar-refractivity contribution < 1.29 is 14.3 Å². The maximum atomic E-state index is 13.2. The highest BCUT2D eigenvalue weighted by Gasteiger charge is 2.40. The fourth-order valence-corrected chi connectivity index (χ4v) is 4.31. The molecular formula is C28H17NO3. The summed E-state index contributed by atoms with van der Waals surface area (Å²) in [6.07, 6.45) is 0. The van der Waals surface area contributed by atoms with Gasteiger partial charge < -0.3 is 4.74 Å². The molecule has 32 heavy (non-hydrogen) atoms. The molecule has 0 unspecified atom stereocenters. The lowest BCUT2D eigenvalue weighted by Gasteiger charge is -2.10. The summed E-state index contributed by atoms with van der Waals surface area (Å²) in [5.41, 5.74) is 2.09. The number of benzene rings is 4. The lowest BCUT2D eigenvalue weighted by molar-refractivity contribution is 0.0888. The van der Waals surface area contributed by atoms with Crippen molar-refractivity contribution in [3.8, 4) is 11.5 Å². The SMILES string of the molecule is O=C1c2cc3ccccc3cc2C(=O)C1c1ccc2ccc(Oc3ccccc3)cc2n1. The fraction of sp³-hybridized carbons (Fsp3) is 0.0357. The zero-order valence-electron chi connectivity index (χ0n) is 17.0. The van der Waals surface area contributed by atoms with Gasteiger partial charge in [0.1, 0.15) is 17.4 Å². The number of aromatic nitrogens is 1. The predicted molar refractivity (Wildman–Crippen MR) is 124 cm³/mol. The Kier molecular flexibility index (Phi) is 4.12. The second kappa shape index (κ2) is 7.13. The number of ether oxygens (including phenoxy) is 1. The number of Topliss-reactive ketones (excluding diaryl/α,β-unsaturated/α-hetero) is 2. The van der Waals surface area contributed by atoms with Crippen LogP contribution in [0.25, 0.3) is 21.7 Å². The Morgan fingerprint density at radius 1 is 0.594 bits per heavy atom. The number of hydrogen-bond donors (Lipinski definition) is 0. The van der Waals surface area contributed by atoms with Crippen LogP contribution in [-0.4, -0.2) is 16.6 Å². The molecule has 0 amide bonds. The zero-order chi connectivity index (χ0) is 21.7. The first-order valence-corrected chi connectivity index (χ1v) is 10.4.